The topological polar surface area (TPSA) is 127 Å². The monoisotopic (exact) mass is 425 g/mol. The van der Waals surface area contributed by atoms with Crippen molar-refractivity contribution in [1.82, 2.24) is 9.97 Å². The van der Waals surface area contributed by atoms with Crippen molar-refractivity contribution in [3.8, 4) is 5.88 Å². The van der Waals surface area contributed by atoms with Gasteiger partial charge in [-0.3, -0.25) is 0 Å². The zero-order valence-corrected chi connectivity index (χ0v) is 17.2. The van der Waals surface area contributed by atoms with Crippen LogP contribution in [0.5, 0.6) is 5.88 Å². The molecule has 3 rings (SSSR count). The summed E-state index contributed by atoms with van der Waals surface area (Å²) in [7, 11) is -1.55. The molecular weight excluding hydrogens is 406 g/mol. The highest BCUT2D eigenvalue weighted by Crippen LogP contribution is 2.38. The molecule has 1 unspecified atom stereocenters. The van der Waals surface area contributed by atoms with Crippen LogP contribution in [0.1, 0.15) is 25.3 Å². The second kappa shape index (κ2) is 7.71. The normalized spacial score (nSPS) is 21.4. The summed E-state index contributed by atoms with van der Waals surface area (Å²) >= 11 is 6.09. The van der Waals surface area contributed by atoms with Crippen LogP contribution >= 0.6 is 11.6 Å². The van der Waals surface area contributed by atoms with Crippen molar-refractivity contribution in [2.45, 2.75) is 36.7 Å². The summed E-state index contributed by atoms with van der Waals surface area (Å²) in [6.45, 7) is 1.89. The molecule has 2 aromatic rings. The molecule has 1 saturated carbocycles. The average molecular weight is 426 g/mol. The fourth-order valence-electron chi connectivity index (χ4n) is 3.27. The molecule has 0 amide bonds. The van der Waals surface area contributed by atoms with Crippen molar-refractivity contribution in [3.63, 3.8) is 0 Å². The molecule has 150 valence electrons. The molecule has 2 heterocycles. The summed E-state index contributed by atoms with van der Waals surface area (Å²) < 4.78 is 34.3. The Morgan fingerprint density at radius 3 is 2.68 bits per heavy atom. The summed E-state index contributed by atoms with van der Waals surface area (Å²) in [4.78, 5) is 11.4. The van der Waals surface area contributed by atoms with E-state index in [9.17, 15) is 8.42 Å². The van der Waals surface area contributed by atoms with Crippen molar-refractivity contribution in [1.29, 1.82) is 0 Å². The van der Waals surface area contributed by atoms with Crippen molar-refractivity contribution in [2.24, 2.45) is 5.11 Å². The molecular formula is C17H20ClN5O4S. The van der Waals surface area contributed by atoms with Gasteiger partial charge in [-0.25, -0.2) is 18.4 Å². The first-order valence-electron chi connectivity index (χ1n) is 8.53. The number of pyridine rings is 2. The van der Waals surface area contributed by atoms with Crippen LogP contribution in [0.4, 0.5) is 0 Å². The number of hydrogen-bond acceptors (Lipinski definition) is 7. The molecule has 28 heavy (non-hydrogen) atoms. The zero-order chi connectivity index (χ0) is 20.5. The van der Waals surface area contributed by atoms with Crippen LogP contribution in [0.25, 0.3) is 21.2 Å². The summed E-state index contributed by atoms with van der Waals surface area (Å²) in [6, 6.07) is 1.65. The zero-order valence-electron chi connectivity index (χ0n) is 15.7. The third-order valence-corrected chi connectivity index (χ3v) is 6.71. The highest BCUT2D eigenvalue weighted by atomic mass is 35.5. The van der Waals surface area contributed by atoms with E-state index in [0.29, 0.717) is 35.1 Å². The number of nitrogens with zero attached hydrogens (tertiary/aromatic N) is 5. The van der Waals surface area contributed by atoms with Crippen molar-refractivity contribution >= 4 is 32.2 Å². The van der Waals surface area contributed by atoms with Crippen LogP contribution in [-0.2, 0) is 20.1 Å². The fraction of sp³-hybridized carbons (Fsp3) is 0.529. The van der Waals surface area contributed by atoms with Crippen LogP contribution in [0.15, 0.2) is 23.6 Å². The Bertz CT molecular complexity index is 1050. The van der Waals surface area contributed by atoms with E-state index < -0.39 is 15.4 Å². The standard InChI is InChI=1S/C17H20ClN5O4S/c1-17(9-26-2,22-23-19)14-8-21-16(13-7-20-15(18)6-12(13)14)27-10-4-11(5-10)28(3,24)25/h6-8,10-11H,4-5,9H2,1-3H3. The van der Waals surface area contributed by atoms with Gasteiger partial charge in [0.2, 0.25) is 5.88 Å². The summed E-state index contributed by atoms with van der Waals surface area (Å²) in [5.41, 5.74) is 8.61. The number of sulfone groups is 1. The van der Waals surface area contributed by atoms with Gasteiger partial charge >= 0.3 is 0 Å². The Balaban J connectivity index is 2.00. The van der Waals surface area contributed by atoms with Gasteiger partial charge in [0, 0.05) is 43.5 Å². The molecule has 0 radical (unpaired) electrons. The number of aromatic nitrogens is 2. The lowest BCUT2D eigenvalue weighted by Gasteiger charge is -2.34. The lowest BCUT2D eigenvalue weighted by atomic mass is 9.91. The SMILES string of the molecule is COCC(C)(N=[N+]=[N-])c1cnc(OC2CC(S(C)(=O)=O)C2)c2cnc(Cl)cc12. The predicted molar refractivity (Wildman–Crippen MR) is 105 cm³/mol. The van der Waals surface area contributed by atoms with Gasteiger partial charge in [0.25, 0.3) is 0 Å². The smallest absolute Gasteiger partial charge is 0.223 e. The van der Waals surface area contributed by atoms with Crippen LogP contribution in [0.2, 0.25) is 5.15 Å². The van der Waals surface area contributed by atoms with Crippen LogP contribution < -0.4 is 4.74 Å². The fourth-order valence-corrected chi connectivity index (χ4v) is 4.56. The van der Waals surface area contributed by atoms with Gasteiger partial charge in [-0.1, -0.05) is 16.7 Å². The lowest BCUT2D eigenvalue weighted by molar-refractivity contribution is 0.119. The minimum absolute atomic E-state index is 0.145. The van der Waals surface area contributed by atoms with Gasteiger partial charge in [-0.15, -0.1) is 0 Å². The molecule has 0 saturated heterocycles. The molecule has 0 bridgehead atoms. The number of methoxy groups -OCH3 is 1. The molecule has 1 atom stereocenters. The van der Waals surface area contributed by atoms with Gasteiger partial charge in [0.15, 0.2) is 9.84 Å². The quantitative estimate of drug-likeness (QED) is 0.289. The van der Waals surface area contributed by atoms with Gasteiger partial charge < -0.3 is 9.47 Å². The highest BCUT2D eigenvalue weighted by molar-refractivity contribution is 7.91. The molecule has 0 spiro atoms. The second-order valence-electron chi connectivity index (χ2n) is 7.09. The summed E-state index contributed by atoms with van der Waals surface area (Å²) in [5, 5.41) is 5.06. The molecule has 1 aliphatic rings. The van der Waals surface area contributed by atoms with E-state index >= 15 is 0 Å². The minimum atomic E-state index is -3.07. The first-order chi connectivity index (χ1) is 13.2. The second-order valence-corrected chi connectivity index (χ2v) is 9.80. The number of hydrogen-bond donors (Lipinski definition) is 0. The summed E-state index contributed by atoms with van der Waals surface area (Å²) in [5.74, 6) is 0.334. The predicted octanol–water partition coefficient (Wildman–Crippen LogP) is 3.41. The highest BCUT2D eigenvalue weighted by Gasteiger charge is 2.38. The Labute approximate surface area is 167 Å². The van der Waals surface area contributed by atoms with E-state index in [-0.39, 0.29) is 23.1 Å². The third-order valence-electron chi connectivity index (χ3n) is 4.91. The maximum atomic E-state index is 11.6. The largest absolute Gasteiger partial charge is 0.474 e. The Morgan fingerprint density at radius 1 is 1.36 bits per heavy atom. The number of ether oxygens (including phenoxy) is 2. The molecule has 9 nitrogen and oxygen atoms in total. The maximum absolute atomic E-state index is 11.6. The van der Waals surface area contributed by atoms with Gasteiger partial charge in [-0.2, -0.15) is 0 Å². The van der Waals surface area contributed by atoms with Crippen LogP contribution in [-0.4, -0.2) is 49.7 Å². The molecule has 11 heteroatoms. The minimum Gasteiger partial charge on any atom is -0.474 e. The van der Waals surface area contributed by atoms with E-state index in [1.807, 2.05) is 0 Å². The molecule has 2 aromatic heterocycles. The number of fused-ring (bicyclic) bond motifs is 1. The third kappa shape index (κ3) is 4.00. The molecule has 1 fully saturated rings. The van der Waals surface area contributed by atoms with E-state index in [1.165, 1.54) is 13.4 Å². The first kappa shape index (κ1) is 20.6. The Morgan fingerprint density at radius 2 is 2.07 bits per heavy atom. The number of halogens is 1. The van der Waals surface area contributed by atoms with Gasteiger partial charge in [0.05, 0.1) is 22.8 Å². The van der Waals surface area contributed by atoms with Crippen molar-refractivity contribution < 1.29 is 17.9 Å². The average Bonchev–Trinajstić information content (AvgIpc) is 2.56. The van der Waals surface area contributed by atoms with Gasteiger partial charge in [0.1, 0.15) is 11.3 Å². The lowest BCUT2D eigenvalue weighted by Crippen LogP contribution is -2.42. The van der Waals surface area contributed by atoms with E-state index in [1.54, 1.807) is 25.4 Å². The van der Waals surface area contributed by atoms with E-state index in [0.717, 1.165) is 0 Å². The van der Waals surface area contributed by atoms with Crippen molar-refractivity contribution in [2.75, 3.05) is 20.0 Å². The molecule has 0 N–H and O–H groups in total. The first-order valence-corrected chi connectivity index (χ1v) is 10.9. The van der Waals surface area contributed by atoms with Crippen LogP contribution in [0, 0.1) is 0 Å². The Kier molecular flexibility index (Phi) is 5.67. The van der Waals surface area contributed by atoms with Gasteiger partial charge in [-0.05, 0) is 29.5 Å². The molecule has 0 aromatic carbocycles. The van der Waals surface area contributed by atoms with E-state index in [4.69, 9.17) is 26.6 Å². The molecule has 0 aliphatic heterocycles. The summed E-state index contributed by atoms with van der Waals surface area (Å²) in [6.07, 6.45) is 4.94. The number of azide groups is 1. The maximum Gasteiger partial charge on any atom is 0.223 e. The van der Waals surface area contributed by atoms with E-state index in [2.05, 4.69) is 20.0 Å². The number of rotatable bonds is 7. The Hall–Kier alpha value is -2.13. The van der Waals surface area contributed by atoms with Crippen LogP contribution in [0.3, 0.4) is 0 Å². The molecule has 1 aliphatic carbocycles. The van der Waals surface area contributed by atoms with Crippen molar-refractivity contribution in [3.05, 3.63) is 39.6 Å².